The number of aromatic nitrogens is 1. The molecule has 1 atom stereocenters. The molecule has 2 aliphatic rings. The first-order chi connectivity index (χ1) is 12.6. The number of nitrogens with one attached hydrogen (secondary N) is 2. The number of carbonyl (C=O) groups is 1. The van der Waals surface area contributed by atoms with Crippen molar-refractivity contribution in [3.05, 3.63) is 28.4 Å². The molecule has 1 unspecified atom stereocenters. The molecule has 2 aromatic rings. The maximum atomic E-state index is 10.9. The van der Waals surface area contributed by atoms with Gasteiger partial charge in [-0.1, -0.05) is 15.9 Å². The standard InChI is InChI=1S/C18H20BrN3O3S/c19-11-5-10-6-15(18-21-13(9-26-18)8-16(23)24)22-17(10)14(7-11)20-12-1-3-25-4-2-12/h5-7,12-13,20,22H,1-4,8-9H2,(H,23,24). The van der Waals surface area contributed by atoms with Crippen molar-refractivity contribution in [1.29, 1.82) is 0 Å². The molecule has 0 amide bonds. The van der Waals surface area contributed by atoms with Gasteiger partial charge in [0.05, 0.1) is 29.4 Å². The molecular formula is C18H20BrN3O3S. The van der Waals surface area contributed by atoms with E-state index in [0.717, 1.165) is 57.9 Å². The largest absolute Gasteiger partial charge is 0.481 e. The van der Waals surface area contributed by atoms with Gasteiger partial charge in [-0.3, -0.25) is 9.79 Å². The third kappa shape index (κ3) is 3.92. The molecule has 1 aromatic carbocycles. The van der Waals surface area contributed by atoms with Crippen LogP contribution in [0.25, 0.3) is 10.9 Å². The lowest BCUT2D eigenvalue weighted by atomic mass is 10.1. The Kier molecular flexibility index (Phi) is 5.24. The molecule has 1 aromatic heterocycles. The SMILES string of the molecule is O=C(O)CC1CSC(c2cc3cc(Br)cc(NC4CCOCC4)c3[nH]2)=N1. The van der Waals surface area contributed by atoms with Crippen LogP contribution in [0, 0.1) is 0 Å². The molecule has 0 spiro atoms. The van der Waals surface area contributed by atoms with Gasteiger partial charge in [-0.15, -0.1) is 11.8 Å². The number of halogens is 1. The molecule has 6 nitrogen and oxygen atoms in total. The van der Waals surface area contributed by atoms with Gasteiger partial charge in [-0.05, 0) is 31.0 Å². The fraction of sp³-hybridized carbons (Fsp3) is 0.444. The number of rotatable bonds is 5. The van der Waals surface area contributed by atoms with Gasteiger partial charge in [-0.2, -0.15) is 0 Å². The van der Waals surface area contributed by atoms with E-state index in [1.807, 2.05) is 0 Å². The Morgan fingerprint density at radius 1 is 1.38 bits per heavy atom. The minimum atomic E-state index is -0.802. The van der Waals surface area contributed by atoms with E-state index >= 15 is 0 Å². The molecule has 0 aliphatic carbocycles. The summed E-state index contributed by atoms with van der Waals surface area (Å²) < 4.78 is 6.46. The second-order valence-corrected chi connectivity index (χ2v) is 8.55. The summed E-state index contributed by atoms with van der Waals surface area (Å²) in [5.41, 5.74) is 3.07. The quantitative estimate of drug-likeness (QED) is 0.660. The number of aromatic amines is 1. The van der Waals surface area contributed by atoms with Crippen LogP contribution in [0.4, 0.5) is 5.69 Å². The lowest BCUT2D eigenvalue weighted by Crippen LogP contribution is -2.27. The summed E-state index contributed by atoms with van der Waals surface area (Å²) in [6.45, 7) is 1.59. The highest BCUT2D eigenvalue weighted by atomic mass is 79.9. The fourth-order valence-electron chi connectivity index (χ4n) is 3.37. The zero-order valence-electron chi connectivity index (χ0n) is 14.1. The summed E-state index contributed by atoms with van der Waals surface area (Å²) >= 11 is 5.21. The van der Waals surface area contributed by atoms with Crippen LogP contribution in [-0.2, 0) is 9.53 Å². The van der Waals surface area contributed by atoms with Gasteiger partial charge in [0.15, 0.2) is 0 Å². The topological polar surface area (TPSA) is 86.7 Å². The Morgan fingerprint density at radius 2 is 2.19 bits per heavy atom. The monoisotopic (exact) mass is 437 g/mol. The Balaban J connectivity index is 1.62. The molecule has 2 aliphatic heterocycles. The average Bonchev–Trinajstić information content (AvgIpc) is 3.22. The highest BCUT2D eigenvalue weighted by molar-refractivity contribution is 9.10. The third-order valence-corrected chi connectivity index (χ3v) is 6.24. The molecule has 3 heterocycles. The maximum Gasteiger partial charge on any atom is 0.305 e. The summed E-state index contributed by atoms with van der Waals surface area (Å²) in [5, 5.41) is 14.6. The zero-order valence-corrected chi connectivity index (χ0v) is 16.5. The van der Waals surface area contributed by atoms with Crippen LogP contribution in [0.2, 0.25) is 0 Å². The minimum Gasteiger partial charge on any atom is -0.481 e. The van der Waals surface area contributed by atoms with Gasteiger partial charge >= 0.3 is 5.97 Å². The molecule has 0 saturated carbocycles. The number of carboxylic acid groups (broad SMARTS) is 1. The second kappa shape index (κ2) is 7.62. The zero-order chi connectivity index (χ0) is 18.1. The van der Waals surface area contributed by atoms with Crippen molar-refractivity contribution < 1.29 is 14.6 Å². The Bertz CT molecular complexity index is 861. The summed E-state index contributed by atoms with van der Waals surface area (Å²) in [7, 11) is 0. The summed E-state index contributed by atoms with van der Waals surface area (Å²) in [4.78, 5) is 19.0. The number of benzene rings is 1. The van der Waals surface area contributed by atoms with Crippen molar-refractivity contribution in [3.8, 4) is 0 Å². The third-order valence-electron chi connectivity index (χ3n) is 4.63. The number of anilines is 1. The Labute approximate surface area is 163 Å². The predicted molar refractivity (Wildman–Crippen MR) is 108 cm³/mol. The molecule has 1 saturated heterocycles. The van der Waals surface area contributed by atoms with Crippen LogP contribution >= 0.6 is 27.7 Å². The number of nitrogens with zero attached hydrogens (tertiary/aromatic N) is 1. The second-order valence-electron chi connectivity index (χ2n) is 6.63. The summed E-state index contributed by atoms with van der Waals surface area (Å²) in [6, 6.07) is 6.52. The van der Waals surface area contributed by atoms with Crippen LogP contribution in [0.3, 0.4) is 0 Å². The number of ether oxygens (including phenoxy) is 1. The normalized spacial score (nSPS) is 21.1. The van der Waals surface area contributed by atoms with Crippen LogP contribution in [-0.4, -0.2) is 52.2 Å². The van der Waals surface area contributed by atoms with E-state index in [0.29, 0.717) is 11.8 Å². The highest BCUT2D eigenvalue weighted by Crippen LogP contribution is 2.33. The number of aliphatic carboxylic acids is 1. The lowest BCUT2D eigenvalue weighted by molar-refractivity contribution is -0.137. The molecule has 26 heavy (non-hydrogen) atoms. The van der Waals surface area contributed by atoms with E-state index in [-0.39, 0.29) is 12.5 Å². The first-order valence-corrected chi connectivity index (χ1v) is 10.5. The summed E-state index contributed by atoms with van der Waals surface area (Å²) in [6.07, 6.45) is 2.08. The van der Waals surface area contributed by atoms with Gasteiger partial charge in [0.2, 0.25) is 0 Å². The van der Waals surface area contributed by atoms with Gasteiger partial charge in [0, 0.05) is 34.9 Å². The van der Waals surface area contributed by atoms with Crippen LogP contribution < -0.4 is 5.32 Å². The number of fused-ring (bicyclic) bond motifs is 1. The van der Waals surface area contributed by atoms with Gasteiger partial charge in [-0.25, -0.2) is 0 Å². The number of aliphatic imine (C=N–C) groups is 1. The van der Waals surface area contributed by atoms with Crippen molar-refractivity contribution in [1.82, 2.24) is 4.98 Å². The maximum absolute atomic E-state index is 10.9. The van der Waals surface area contributed by atoms with Gasteiger partial charge in [0.25, 0.3) is 0 Å². The van der Waals surface area contributed by atoms with Crippen molar-refractivity contribution >= 4 is 55.3 Å². The average molecular weight is 438 g/mol. The van der Waals surface area contributed by atoms with E-state index in [9.17, 15) is 4.79 Å². The van der Waals surface area contributed by atoms with Crippen molar-refractivity contribution in [2.45, 2.75) is 31.3 Å². The predicted octanol–water partition coefficient (Wildman–Crippen LogP) is 3.86. The van der Waals surface area contributed by atoms with Crippen LogP contribution in [0.15, 0.2) is 27.7 Å². The van der Waals surface area contributed by atoms with Crippen molar-refractivity contribution in [3.63, 3.8) is 0 Å². The van der Waals surface area contributed by atoms with Crippen LogP contribution in [0.1, 0.15) is 25.0 Å². The van der Waals surface area contributed by atoms with E-state index in [1.165, 1.54) is 0 Å². The van der Waals surface area contributed by atoms with Crippen LogP contribution in [0.5, 0.6) is 0 Å². The van der Waals surface area contributed by atoms with Crippen molar-refractivity contribution in [2.75, 3.05) is 24.3 Å². The molecule has 4 rings (SSSR count). The molecule has 138 valence electrons. The number of carboxylic acids is 1. The molecule has 8 heteroatoms. The van der Waals surface area contributed by atoms with Crippen molar-refractivity contribution in [2.24, 2.45) is 4.99 Å². The number of H-pyrrole nitrogens is 1. The molecule has 0 bridgehead atoms. The number of hydrogen-bond acceptors (Lipinski definition) is 5. The fourth-order valence-corrected chi connectivity index (χ4v) is 4.87. The highest BCUT2D eigenvalue weighted by Gasteiger charge is 2.23. The first-order valence-electron chi connectivity index (χ1n) is 8.68. The molecule has 0 radical (unpaired) electrons. The number of thioether (sulfide) groups is 1. The number of hydrogen-bond donors (Lipinski definition) is 3. The first kappa shape index (κ1) is 17.9. The van der Waals surface area contributed by atoms with Gasteiger partial charge in [0.1, 0.15) is 5.04 Å². The van der Waals surface area contributed by atoms with E-state index in [1.54, 1.807) is 11.8 Å². The van der Waals surface area contributed by atoms with Gasteiger partial charge < -0.3 is 20.1 Å². The molecular weight excluding hydrogens is 418 g/mol. The lowest BCUT2D eigenvalue weighted by Gasteiger charge is -2.24. The smallest absolute Gasteiger partial charge is 0.305 e. The Hall–Kier alpha value is -1.51. The summed E-state index contributed by atoms with van der Waals surface area (Å²) in [5.74, 6) is -0.0856. The minimum absolute atomic E-state index is 0.0822. The van der Waals surface area contributed by atoms with E-state index in [2.05, 4.69) is 49.4 Å². The Morgan fingerprint density at radius 3 is 2.96 bits per heavy atom. The molecule has 3 N–H and O–H groups in total. The van der Waals surface area contributed by atoms with E-state index in [4.69, 9.17) is 9.84 Å². The van der Waals surface area contributed by atoms with E-state index < -0.39 is 5.97 Å². The molecule has 1 fully saturated rings.